The summed E-state index contributed by atoms with van der Waals surface area (Å²) in [5.74, 6) is -2.24. The van der Waals surface area contributed by atoms with Crippen LogP contribution in [0.3, 0.4) is 0 Å². The van der Waals surface area contributed by atoms with Crippen molar-refractivity contribution in [2.45, 2.75) is 18.8 Å². The van der Waals surface area contributed by atoms with E-state index >= 15 is 0 Å². The number of rotatable bonds is 7. The Balaban J connectivity index is 3.96. The average molecular weight is 178 g/mol. The van der Waals surface area contributed by atoms with E-state index in [0.29, 0.717) is 0 Å². The highest BCUT2D eigenvalue weighted by atomic mass is 16.8. The maximum atomic E-state index is 9.82. The van der Waals surface area contributed by atoms with Gasteiger partial charge in [0.1, 0.15) is 0 Å². The lowest BCUT2D eigenvalue weighted by Crippen LogP contribution is -2.35. The zero-order valence-electron chi connectivity index (χ0n) is 6.30. The summed E-state index contributed by atoms with van der Waals surface area (Å²) in [4.78, 5) is 19.6. The molecule has 70 valence electrons. The number of ether oxygens (including phenoxy) is 2. The number of aliphatic hydroxyl groups excluding tert-OH is 1. The number of hydrogen-bond acceptors (Lipinski definition) is 6. The van der Waals surface area contributed by atoms with Crippen LogP contribution in [0.15, 0.2) is 0 Å². The van der Waals surface area contributed by atoms with Gasteiger partial charge in [0.2, 0.25) is 0 Å². The molecule has 0 heterocycles. The molecule has 0 radical (unpaired) electrons. The highest BCUT2D eigenvalue weighted by Crippen LogP contribution is 2.13. The molecule has 6 nitrogen and oxygen atoms in total. The molecule has 0 aromatic carbocycles. The summed E-state index contributed by atoms with van der Waals surface area (Å²) >= 11 is 0. The lowest BCUT2D eigenvalue weighted by molar-refractivity contribution is -0.317. The summed E-state index contributed by atoms with van der Waals surface area (Å²) < 4.78 is 8.16. The molecule has 0 rings (SSSR count). The molecule has 0 aliphatic rings. The molecule has 0 spiro atoms. The zero-order chi connectivity index (χ0) is 9.45. The van der Waals surface area contributed by atoms with Gasteiger partial charge in [0.25, 0.3) is 12.9 Å². The molecule has 0 aliphatic heterocycles. The molecular weight excluding hydrogens is 168 g/mol. The Hall–Kier alpha value is -1.14. The van der Waals surface area contributed by atoms with Gasteiger partial charge in [-0.05, 0) is 6.42 Å². The minimum atomic E-state index is -2.24. The molecule has 0 saturated heterocycles. The first-order valence-corrected chi connectivity index (χ1v) is 3.24. The van der Waals surface area contributed by atoms with E-state index in [1.165, 1.54) is 0 Å². The third-order valence-corrected chi connectivity index (χ3v) is 1.12. The van der Waals surface area contributed by atoms with Gasteiger partial charge in [-0.25, -0.2) is 0 Å². The highest BCUT2D eigenvalue weighted by Gasteiger charge is 2.30. The van der Waals surface area contributed by atoms with Gasteiger partial charge in [0.15, 0.2) is 0 Å². The summed E-state index contributed by atoms with van der Waals surface area (Å²) in [6, 6.07) is 0. The van der Waals surface area contributed by atoms with E-state index in [9.17, 15) is 9.59 Å². The van der Waals surface area contributed by atoms with Crippen molar-refractivity contribution < 1.29 is 29.3 Å². The smallest absolute Gasteiger partial charge is 0.372 e. The second-order valence-electron chi connectivity index (χ2n) is 1.97. The van der Waals surface area contributed by atoms with E-state index in [2.05, 4.69) is 9.47 Å². The quantitative estimate of drug-likeness (QED) is 0.374. The molecule has 0 unspecified atom stereocenters. The predicted octanol–water partition coefficient (Wildman–Crippen LogP) is -1.25. The Bertz CT molecular complexity index is 135. The Morgan fingerprint density at radius 2 is 1.75 bits per heavy atom. The minimum Gasteiger partial charge on any atom is -0.400 e. The first kappa shape index (κ1) is 10.9. The van der Waals surface area contributed by atoms with Crippen molar-refractivity contribution in [3.05, 3.63) is 0 Å². The number of aliphatic hydroxyl groups is 2. The first-order valence-electron chi connectivity index (χ1n) is 3.24. The minimum absolute atomic E-state index is 0.0408. The van der Waals surface area contributed by atoms with Gasteiger partial charge in [-0.3, -0.25) is 9.59 Å². The molecule has 0 aromatic rings. The van der Waals surface area contributed by atoms with Gasteiger partial charge in [-0.15, -0.1) is 0 Å². The zero-order valence-corrected chi connectivity index (χ0v) is 6.30. The third-order valence-electron chi connectivity index (χ3n) is 1.12. The molecule has 0 atom stereocenters. The second-order valence-corrected chi connectivity index (χ2v) is 1.97. The van der Waals surface area contributed by atoms with Crippen LogP contribution >= 0.6 is 0 Å². The summed E-state index contributed by atoms with van der Waals surface area (Å²) in [6.45, 7) is -0.283. The van der Waals surface area contributed by atoms with Crippen molar-refractivity contribution in [3.63, 3.8) is 0 Å². The number of carbonyl (C=O) groups excluding carboxylic acids is 2. The molecule has 0 amide bonds. The summed E-state index contributed by atoms with van der Waals surface area (Å²) in [5, 5.41) is 17.5. The van der Waals surface area contributed by atoms with Crippen LogP contribution in [0.25, 0.3) is 0 Å². The summed E-state index contributed by atoms with van der Waals surface area (Å²) in [5.41, 5.74) is 0. The lowest BCUT2D eigenvalue weighted by atomic mass is 10.3. The summed E-state index contributed by atoms with van der Waals surface area (Å²) in [7, 11) is 0. The Kier molecular flexibility index (Phi) is 4.98. The molecule has 0 fully saturated rings. The van der Waals surface area contributed by atoms with Crippen molar-refractivity contribution >= 4 is 12.9 Å². The fourth-order valence-electron chi connectivity index (χ4n) is 0.598. The molecule has 0 bridgehead atoms. The van der Waals surface area contributed by atoms with Gasteiger partial charge in [-0.2, -0.15) is 0 Å². The van der Waals surface area contributed by atoms with Crippen molar-refractivity contribution in [2.75, 3.05) is 6.61 Å². The van der Waals surface area contributed by atoms with Gasteiger partial charge < -0.3 is 19.7 Å². The van der Waals surface area contributed by atoms with Crippen LogP contribution in [0.4, 0.5) is 0 Å². The number of hydrogen-bond donors (Lipinski definition) is 2. The molecule has 6 heteroatoms. The van der Waals surface area contributed by atoms with Crippen molar-refractivity contribution in [3.8, 4) is 0 Å². The van der Waals surface area contributed by atoms with E-state index in [4.69, 9.17) is 10.2 Å². The second kappa shape index (κ2) is 5.50. The largest absolute Gasteiger partial charge is 0.400 e. The Morgan fingerprint density at radius 3 is 2.08 bits per heavy atom. The van der Waals surface area contributed by atoms with Crippen LogP contribution in [0.5, 0.6) is 0 Å². The van der Waals surface area contributed by atoms with Gasteiger partial charge in [0, 0.05) is 6.61 Å². The summed E-state index contributed by atoms with van der Waals surface area (Å²) in [6.07, 6.45) is -0.0147. The van der Waals surface area contributed by atoms with Crippen LogP contribution < -0.4 is 0 Å². The van der Waals surface area contributed by atoms with Crippen LogP contribution in [0.1, 0.15) is 12.8 Å². The monoisotopic (exact) mass is 178 g/mol. The molecule has 2 N–H and O–H groups in total. The SMILES string of the molecule is O=COC(O)(CCCO)OC=O. The van der Waals surface area contributed by atoms with Crippen LogP contribution in [-0.4, -0.2) is 35.7 Å². The average Bonchev–Trinajstić information content (AvgIpc) is 2.02. The van der Waals surface area contributed by atoms with E-state index in [-0.39, 0.29) is 32.4 Å². The lowest BCUT2D eigenvalue weighted by Gasteiger charge is -2.22. The maximum absolute atomic E-state index is 9.82. The van der Waals surface area contributed by atoms with E-state index in [1.807, 2.05) is 0 Å². The maximum Gasteiger partial charge on any atom is 0.372 e. The van der Waals surface area contributed by atoms with Crippen molar-refractivity contribution in [1.82, 2.24) is 0 Å². The van der Waals surface area contributed by atoms with E-state index in [0.717, 1.165) is 0 Å². The fraction of sp³-hybridized carbons (Fsp3) is 0.667. The standard InChI is InChI=1S/C6H10O6/c7-3-1-2-6(10,11-4-8)12-5-9/h4-5,7,10H,1-3H2. The van der Waals surface area contributed by atoms with E-state index in [1.54, 1.807) is 0 Å². The van der Waals surface area contributed by atoms with Gasteiger partial charge in [0.05, 0.1) is 6.42 Å². The molecule has 0 aliphatic carbocycles. The normalized spacial score (nSPS) is 10.5. The predicted molar refractivity (Wildman–Crippen MR) is 35.6 cm³/mol. The van der Waals surface area contributed by atoms with Crippen LogP contribution in [0, 0.1) is 0 Å². The first-order chi connectivity index (χ1) is 5.68. The molecular formula is C6H10O6. The van der Waals surface area contributed by atoms with E-state index < -0.39 is 5.97 Å². The fourth-order valence-corrected chi connectivity index (χ4v) is 0.598. The van der Waals surface area contributed by atoms with Gasteiger partial charge in [-0.1, -0.05) is 0 Å². The van der Waals surface area contributed by atoms with Gasteiger partial charge >= 0.3 is 5.97 Å². The Labute approximate surface area is 68.7 Å². The van der Waals surface area contributed by atoms with Crippen molar-refractivity contribution in [2.24, 2.45) is 0 Å². The van der Waals surface area contributed by atoms with Crippen molar-refractivity contribution in [1.29, 1.82) is 0 Å². The molecule has 0 saturated carbocycles. The topological polar surface area (TPSA) is 93.1 Å². The molecule has 12 heavy (non-hydrogen) atoms. The Morgan fingerprint density at radius 1 is 1.25 bits per heavy atom. The number of carbonyl (C=O) groups is 2. The third kappa shape index (κ3) is 3.89. The highest BCUT2D eigenvalue weighted by molar-refractivity contribution is 5.40. The van der Waals surface area contributed by atoms with Crippen LogP contribution in [0.2, 0.25) is 0 Å². The van der Waals surface area contributed by atoms with Crippen LogP contribution in [-0.2, 0) is 19.1 Å². The molecule has 0 aromatic heterocycles.